The molecule has 176 valence electrons. The fourth-order valence-electron chi connectivity index (χ4n) is 4.71. The van der Waals surface area contributed by atoms with Gasteiger partial charge in [-0.05, 0) is 77.9 Å². The lowest BCUT2D eigenvalue weighted by molar-refractivity contribution is 0.0697. The molecule has 4 nitrogen and oxygen atoms in total. The lowest BCUT2D eigenvalue weighted by Gasteiger charge is -2.16. The van der Waals surface area contributed by atoms with Gasteiger partial charge in [0.2, 0.25) is 0 Å². The first-order chi connectivity index (χ1) is 16.3. The quantitative estimate of drug-likeness (QED) is 0.339. The highest BCUT2D eigenvalue weighted by molar-refractivity contribution is 6.33. The van der Waals surface area contributed by atoms with E-state index in [1.54, 1.807) is 12.1 Å². The average molecular weight is 477 g/mol. The molecule has 0 aliphatic heterocycles. The first kappa shape index (κ1) is 24.0. The largest absolute Gasteiger partial charge is 0.489 e. The molecule has 0 saturated heterocycles. The van der Waals surface area contributed by atoms with Crippen LogP contribution in [0.1, 0.15) is 69.5 Å². The van der Waals surface area contributed by atoms with Crippen molar-refractivity contribution in [1.29, 1.82) is 0 Å². The fraction of sp³-hybridized carbons (Fsp3) is 0.310. The highest BCUT2D eigenvalue weighted by atomic mass is 35.5. The van der Waals surface area contributed by atoms with Crippen LogP contribution in [0.3, 0.4) is 0 Å². The van der Waals surface area contributed by atoms with Crippen LogP contribution in [0.5, 0.6) is 5.75 Å². The molecule has 0 spiro atoms. The van der Waals surface area contributed by atoms with Gasteiger partial charge in [0.25, 0.3) is 0 Å². The molecule has 34 heavy (non-hydrogen) atoms. The van der Waals surface area contributed by atoms with Gasteiger partial charge < -0.3 is 9.84 Å². The van der Waals surface area contributed by atoms with E-state index in [2.05, 4.69) is 0 Å². The van der Waals surface area contributed by atoms with Crippen molar-refractivity contribution in [2.24, 2.45) is 5.92 Å². The van der Waals surface area contributed by atoms with Gasteiger partial charge in [-0.25, -0.2) is 4.79 Å². The summed E-state index contributed by atoms with van der Waals surface area (Å²) in [5.74, 6) is 0.473. The van der Waals surface area contributed by atoms with Crippen LogP contribution in [0.4, 0.5) is 0 Å². The van der Waals surface area contributed by atoms with Gasteiger partial charge in [0, 0.05) is 12.0 Å². The van der Waals surface area contributed by atoms with Crippen LogP contribution >= 0.6 is 11.6 Å². The van der Waals surface area contributed by atoms with Gasteiger partial charge in [-0.2, -0.15) is 0 Å². The average Bonchev–Trinajstić information content (AvgIpc) is 3.33. The normalized spacial score (nSPS) is 13.7. The van der Waals surface area contributed by atoms with E-state index in [4.69, 9.17) is 16.3 Å². The van der Waals surface area contributed by atoms with Crippen LogP contribution in [0.2, 0.25) is 5.02 Å². The van der Waals surface area contributed by atoms with E-state index in [9.17, 15) is 14.7 Å². The van der Waals surface area contributed by atoms with Gasteiger partial charge in [-0.1, -0.05) is 61.5 Å². The number of benzene rings is 3. The molecule has 0 bridgehead atoms. The van der Waals surface area contributed by atoms with Crippen molar-refractivity contribution in [2.75, 3.05) is 0 Å². The standard InChI is InChI=1S/C29H29ClO4/c1-18-19(2)28(13-11-24(18)27(31)15-20-6-3-4-7-20)34-17-21-8-5-9-22(14-21)23-10-12-26(30)25(16-23)29(32)33/h5,8-14,16,20H,3-4,6-7,15,17H2,1-2H3,(H,32,33). The number of carbonyl (C=O) groups is 2. The van der Waals surface area contributed by atoms with E-state index in [0.29, 0.717) is 18.9 Å². The number of carbonyl (C=O) groups excluding carboxylic acids is 1. The number of hydrogen-bond acceptors (Lipinski definition) is 3. The number of carboxylic acids is 1. The molecule has 0 heterocycles. The number of ketones is 1. The topological polar surface area (TPSA) is 63.6 Å². The zero-order valence-corrected chi connectivity index (χ0v) is 20.3. The Balaban J connectivity index is 1.47. The summed E-state index contributed by atoms with van der Waals surface area (Å²) in [6.45, 7) is 4.35. The van der Waals surface area contributed by atoms with Gasteiger partial charge in [0.1, 0.15) is 12.4 Å². The molecule has 0 amide bonds. The van der Waals surface area contributed by atoms with Crippen molar-refractivity contribution < 1.29 is 19.4 Å². The van der Waals surface area contributed by atoms with E-state index in [1.165, 1.54) is 12.8 Å². The monoisotopic (exact) mass is 476 g/mol. The fourth-order valence-corrected chi connectivity index (χ4v) is 4.91. The second-order valence-electron chi connectivity index (χ2n) is 9.13. The Kier molecular flexibility index (Phi) is 7.38. The zero-order chi connectivity index (χ0) is 24.2. The number of aromatic carboxylic acids is 1. The summed E-state index contributed by atoms with van der Waals surface area (Å²) >= 11 is 6.01. The zero-order valence-electron chi connectivity index (χ0n) is 19.6. The molecule has 4 rings (SSSR count). The Hall–Kier alpha value is -3.11. The summed E-state index contributed by atoms with van der Waals surface area (Å²) in [4.78, 5) is 24.3. The molecule has 1 aliphatic carbocycles. The Morgan fingerprint density at radius 2 is 1.68 bits per heavy atom. The van der Waals surface area contributed by atoms with Crippen LogP contribution in [0, 0.1) is 19.8 Å². The lowest BCUT2D eigenvalue weighted by Crippen LogP contribution is -2.09. The SMILES string of the molecule is Cc1c(OCc2cccc(-c3ccc(Cl)c(C(=O)O)c3)c2)ccc(C(=O)CC2CCCC2)c1C. The predicted octanol–water partition coefficient (Wildman–Crippen LogP) is 7.66. The number of rotatable bonds is 8. The molecule has 1 aliphatic rings. The van der Waals surface area contributed by atoms with Crippen LogP contribution in [-0.2, 0) is 6.61 Å². The number of Topliss-reactive ketones (excluding diaryl/α,β-unsaturated/α-hetero) is 1. The Morgan fingerprint density at radius 1 is 0.941 bits per heavy atom. The van der Waals surface area contributed by atoms with Crippen LogP contribution in [-0.4, -0.2) is 16.9 Å². The summed E-state index contributed by atoms with van der Waals surface area (Å²) in [6.07, 6.45) is 5.45. The third-order valence-electron chi connectivity index (χ3n) is 6.84. The van der Waals surface area contributed by atoms with Gasteiger partial charge in [-0.15, -0.1) is 0 Å². The van der Waals surface area contributed by atoms with Crippen molar-refractivity contribution >= 4 is 23.4 Å². The highest BCUT2D eigenvalue weighted by Gasteiger charge is 2.21. The molecule has 3 aromatic rings. The molecule has 3 aromatic carbocycles. The Labute approximate surface area is 205 Å². The van der Waals surface area contributed by atoms with Crippen molar-refractivity contribution in [1.82, 2.24) is 0 Å². The van der Waals surface area contributed by atoms with Crippen LogP contribution < -0.4 is 4.74 Å². The minimum Gasteiger partial charge on any atom is -0.489 e. The van der Waals surface area contributed by atoms with Gasteiger partial charge in [0.15, 0.2) is 5.78 Å². The van der Waals surface area contributed by atoms with E-state index in [-0.39, 0.29) is 16.4 Å². The number of hydrogen-bond donors (Lipinski definition) is 1. The summed E-state index contributed by atoms with van der Waals surface area (Å²) in [6, 6.07) is 16.6. The molecule has 0 radical (unpaired) electrons. The molecular weight excluding hydrogens is 448 g/mol. The molecule has 0 atom stereocenters. The third-order valence-corrected chi connectivity index (χ3v) is 7.17. The maximum atomic E-state index is 12.8. The maximum Gasteiger partial charge on any atom is 0.337 e. The second-order valence-corrected chi connectivity index (χ2v) is 9.54. The second kappa shape index (κ2) is 10.4. The number of carboxylic acid groups (broad SMARTS) is 1. The van der Waals surface area contributed by atoms with E-state index < -0.39 is 5.97 Å². The van der Waals surface area contributed by atoms with Gasteiger partial charge in [0.05, 0.1) is 10.6 Å². The maximum absolute atomic E-state index is 12.8. The predicted molar refractivity (Wildman–Crippen MR) is 135 cm³/mol. The van der Waals surface area contributed by atoms with Crippen molar-refractivity contribution in [3.8, 4) is 16.9 Å². The van der Waals surface area contributed by atoms with Crippen LogP contribution in [0.15, 0.2) is 54.6 Å². The lowest BCUT2D eigenvalue weighted by atomic mass is 9.92. The number of ether oxygens (including phenoxy) is 1. The summed E-state index contributed by atoms with van der Waals surface area (Å²) < 4.78 is 6.12. The van der Waals surface area contributed by atoms with Gasteiger partial charge >= 0.3 is 5.97 Å². The van der Waals surface area contributed by atoms with Gasteiger partial charge in [-0.3, -0.25) is 4.79 Å². The summed E-state index contributed by atoms with van der Waals surface area (Å²) in [5.41, 5.74) is 5.48. The third kappa shape index (κ3) is 5.34. The minimum absolute atomic E-state index is 0.0782. The Morgan fingerprint density at radius 3 is 2.41 bits per heavy atom. The summed E-state index contributed by atoms with van der Waals surface area (Å²) in [5, 5.41) is 9.56. The van der Waals surface area contributed by atoms with E-state index in [0.717, 1.165) is 52.0 Å². The van der Waals surface area contributed by atoms with Crippen molar-refractivity contribution in [2.45, 2.75) is 52.6 Å². The first-order valence-electron chi connectivity index (χ1n) is 11.7. The highest BCUT2D eigenvalue weighted by Crippen LogP contribution is 2.32. The molecule has 0 aromatic heterocycles. The van der Waals surface area contributed by atoms with E-state index >= 15 is 0 Å². The molecule has 0 unspecified atom stereocenters. The Bertz CT molecular complexity index is 1220. The molecular formula is C29H29ClO4. The molecule has 1 fully saturated rings. The van der Waals surface area contributed by atoms with Crippen LogP contribution in [0.25, 0.3) is 11.1 Å². The molecule has 1 saturated carbocycles. The van der Waals surface area contributed by atoms with Crippen molar-refractivity contribution in [3.05, 3.63) is 87.4 Å². The molecule has 1 N–H and O–H groups in total. The first-order valence-corrected chi connectivity index (χ1v) is 12.1. The van der Waals surface area contributed by atoms with Crippen molar-refractivity contribution in [3.63, 3.8) is 0 Å². The minimum atomic E-state index is -1.05. The summed E-state index contributed by atoms with van der Waals surface area (Å²) in [7, 11) is 0. The number of halogens is 1. The molecule has 5 heteroatoms. The smallest absolute Gasteiger partial charge is 0.337 e. The van der Waals surface area contributed by atoms with E-state index in [1.807, 2.05) is 56.3 Å².